The number of anilines is 1. The lowest BCUT2D eigenvalue weighted by Crippen LogP contribution is -2.13. The molecule has 0 aliphatic heterocycles. The molecule has 0 aliphatic carbocycles. The lowest BCUT2D eigenvalue weighted by molar-refractivity contribution is -0.115. The Hall–Kier alpha value is -2.07. The average molecular weight is 293 g/mol. The van der Waals surface area contributed by atoms with Gasteiger partial charge in [0.1, 0.15) is 0 Å². The summed E-state index contributed by atoms with van der Waals surface area (Å²) in [6, 6.07) is 9.17. The number of carbonyl (C=O) groups is 2. The van der Waals surface area contributed by atoms with E-state index in [4.69, 9.17) is 11.6 Å². The number of para-hydroxylation sites is 1. The number of nitrogens with one attached hydrogen (secondary N) is 2. The molecule has 0 fully saturated rings. The SMILES string of the molecule is CC(Cl)/C=C\C(=C/CC(=O)Nc1ccccc1)NC=O. The molecule has 4 nitrogen and oxygen atoms in total. The summed E-state index contributed by atoms with van der Waals surface area (Å²) in [6.45, 7) is 1.80. The van der Waals surface area contributed by atoms with Crippen molar-refractivity contribution in [3.05, 3.63) is 54.3 Å². The smallest absolute Gasteiger partial charge is 0.228 e. The van der Waals surface area contributed by atoms with E-state index in [2.05, 4.69) is 10.6 Å². The largest absolute Gasteiger partial charge is 0.329 e. The molecule has 5 heteroatoms. The first-order chi connectivity index (χ1) is 9.61. The summed E-state index contributed by atoms with van der Waals surface area (Å²) in [5.74, 6) is -0.159. The van der Waals surface area contributed by atoms with Gasteiger partial charge in [0.15, 0.2) is 0 Å². The van der Waals surface area contributed by atoms with Gasteiger partial charge in [0, 0.05) is 23.2 Å². The van der Waals surface area contributed by atoms with E-state index in [-0.39, 0.29) is 17.7 Å². The third-order valence-corrected chi connectivity index (χ3v) is 2.48. The highest BCUT2D eigenvalue weighted by atomic mass is 35.5. The third-order valence-electron chi connectivity index (χ3n) is 2.33. The number of benzene rings is 1. The van der Waals surface area contributed by atoms with Crippen LogP contribution in [0.1, 0.15) is 13.3 Å². The summed E-state index contributed by atoms with van der Waals surface area (Å²) in [6.07, 6.45) is 5.74. The molecular weight excluding hydrogens is 276 g/mol. The number of alkyl halides is 1. The second-order valence-corrected chi connectivity index (χ2v) is 4.77. The van der Waals surface area contributed by atoms with Crippen molar-refractivity contribution in [1.82, 2.24) is 5.32 Å². The number of hydrogen-bond acceptors (Lipinski definition) is 2. The van der Waals surface area contributed by atoms with Gasteiger partial charge in [-0.1, -0.05) is 30.4 Å². The quantitative estimate of drug-likeness (QED) is 0.461. The zero-order valence-electron chi connectivity index (χ0n) is 11.2. The van der Waals surface area contributed by atoms with E-state index in [0.29, 0.717) is 12.1 Å². The van der Waals surface area contributed by atoms with Gasteiger partial charge in [-0.25, -0.2) is 0 Å². The Labute approximate surface area is 123 Å². The molecule has 0 spiro atoms. The van der Waals surface area contributed by atoms with Crippen LogP contribution < -0.4 is 10.6 Å². The normalized spacial score (nSPS) is 13.0. The van der Waals surface area contributed by atoms with Crippen LogP contribution in [-0.2, 0) is 9.59 Å². The minimum Gasteiger partial charge on any atom is -0.329 e. The van der Waals surface area contributed by atoms with Crippen LogP contribution in [0.5, 0.6) is 0 Å². The van der Waals surface area contributed by atoms with E-state index in [1.54, 1.807) is 37.3 Å². The zero-order chi connectivity index (χ0) is 14.8. The Morgan fingerprint density at radius 1 is 1.35 bits per heavy atom. The van der Waals surface area contributed by atoms with Gasteiger partial charge in [-0.3, -0.25) is 9.59 Å². The van der Waals surface area contributed by atoms with Crippen LogP contribution in [0.25, 0.3) is 0 Å². The van der Waals surface area contributed by atoms with Crippen LogP contribution >= 0.6 is 11.6 Å². The fourth-order valence-corrected chi connectivity index (χ4v) is 1.49. The highest BCUT2D eigenvalue weighted by Crippen LogP contribution is 2.06. The summed E-state index contributed by atoms with van der Waals surface area (Å²) in [5, 5.41) is 5.12. The number of allylic oxidation sites excluding steroid dienone is 2. The van der Waals surface area contributed by atoms with Gasteiger partial charge < -0.3 is 10.6 Å². The zero-order valence-corrected chi connectivity index (χ0v) is 11.9. The van der Waals surface area contributed by atoms with Crippen molar-refractivity contribution in [3.8, 4) is 0 Å². The van der Waals surface area contributed by atoms with Crippen LogP contribution in [0.15, 0.2) is 54.3 Å². The topological polar surface area (TPSA) is 58.2 Å². The van der Waals surface area contributed by atoms with Crippen molar-refractivity contribution < 1.29 is 9.59 Å². The molecule has 0 saturated carbocycles. The van der Waals surface area contributed by atoms with Gasteiger partial charge >= 0.3 is 0 Å². The molecule has 0 bridgehead atoms. The number of carbonyl (C=O) groups excluding carboxylic acids is 2. The molecule has 1 aromatic carbocycles. The predicted octanol–water partition coefficient (Wildman–Crippen LogP) is 2.83. The lowest BCUT2D eigenvalue weighted by atomic mass is 10.2. The van der Waals surface area contributed by atoms with E-state index < -0.39 is 0 Å². The van der Waals surface area contributed by atoms with Crippen molar-refractivity contribution in [3.63, 3.8) is 0 Å². The molecule has 2 N–H and O–H groups in total. The fraction of sp³-hybridized carbons (Fsp3) is 0.200. The maximum atomic E-state index is 11.7. The minimum atomic E-state index is -0.159. The standard InChI is InChI=1S/C15H17ClN2O2/c1-12(16)7-8-13(17-11-19)9-10-15(20)18-14-5-3-2-4-6-14/h2-9,11-12H,10H2,1H3,(H,17,19)(H,18,20)/b8-7-,13-9+. The van der Waals surface area contributed by atoms with Crippen molar-refractivity contribution in [2.24, 2.45) is 0 Å². The van der Waals surface area contributed by atoms with Gasteiger partial charge in [0.2, 0.25) is 12.3 Å². The van der Waals surface area contributed by atoms with Gasteiger partial charge in [-0.15, -0.1) is 11.6 Å². The third kappa shape index (κ3) is 6.75. The maximum Gasteiger partial charge on any atom is 0.228 e. The molecule has 20 heavy (non-hydrogen) atoms. The van der Waals surface area contributed by atoms with Gasteiger partial charge in [-0.05, 0) is 25.1 Å². The number of hydrogen-bond donors (Lipinski definition) is 2. The molecule has 1 atom stereocenters. The fourth-order valence-electron chi connectivity index (χ4n) is 1.42. The lowest BCUT2D eigenvalue weighted by Gasteiger charge is -2.04. The van der Waals surface area contributed by atoms with E-state index in [9.17, 15) is 9.59 Å². The van der Waals surface area contributed by atoms with Crippen molar-refractivity contribution in [2.75, 3.05) is 5.32 Å². The summed E-state index contributed by atoms with van der Waals surface area (Å²) >= 11 is 5.78. The van der Waals surface area contributed by atoms with Crippen molar-refractivity contribution >= 4 is 29.6 Å². The van der Waals surface area contributed by atoms with Crippen molar-refractivity contribution in [1.29, 1.82) is 0 Å². The molecule has 0 radical (unpaired) electrons. The van der Waals surface area contributed by atoms with E-state index in [1.807, 2.05) is 18.2 Å². The molecule has 0 aliphatic rings. The number of rotatable bonds is 7. The highest BCUT2D eigenvalue weighted by Gasteiger charge is 2.00. The number of amides is 2. The second kappa shape index (κ2) is 8.93. The summed E-state index contributed by atoms with van der Waals surface area (Å²) < 4.78 is 0. The predicted molar refractivity (Wildman–Crippen MR) is 81.4 cm³/mol. The first-order valence-corrected chi connectivity index (χ1v) is 6.63. The van der Waals surface area contributed by atoms with Gasteiger partial charge in [0.25, 0.3) is 0 Å². The Morgan fingerprint density at radius 2 is 2.05 bits per heavy atom. The Morgan fingerprint density at radius 3 is 2.65 bits per heavy atom. The highest BCUT2D eigenvalue weighted by molar-refractivity contribution is 6.21. The summed E-state index contributed by atoms with van der Waals surface area (Å²) in [7, 11) is 0. The summed E-state index contributed by atoms with van der Waals surface area (Å²) in [4.78, 5) is 22.2. The Bertz CT molecular complexity index is 496. The summed E-state index contributed by atoms with van der Waals surface area (Å²) in [5.41, 5.74) is 1.27. The molecule has 1 unspecified atom stereocenters. The van der Waals surface area contributed by atoms with E-state index >= 15 is 0 Å². The molecule has 1 aromatic rings. The van der Waals surface area contributed by atoms with Crippen molar-refractivity contribution in [2.45, 2.75) is 18.7 Å². The van der Waals surface area contributed by atoms with E-state index in [1.165, 1.54) is 0 Å². The van der Waals surface area contributed by atoms with Crippen LogP contribution in [0.3, 0.4) is 0 Å². The van der Waals surface area contributed by atoms with Gasteiger partial charge in [-0.2, -0.15) is 0 Å². The Kier molecular flexibility index (Phi) is 7.14. The molecule has 2 amide bonds. The molecule has 1 rings (SSSR count). The van der Waals surface area contributed by atoms with Crippen LogP contribution in [0, 0.1) is 0 Å². The molecule has 0 aromatic heterocycles. The molecule has 0 heterocycles. The molecular formula is C15H17ClN2O2. The van der Waals surface area contributed by atoms with Crippen LogP contribution in [-0.4, -0.2) is 17.7 Å². The van der Waals surface area contributed by atoms with Crippen LogP contribution in [0.2, 0.25) is 0 Å². The first-order valence-electron chi connectivity index (χ1n) is 6.19. The first kappa shape index (κ1) is 16.0. The minimum absolute atomic E-state index is 0.148. The number of halogens is 1. The average Bonchev–Trinajstić information content (AvgIpc) is 2.43. The Balaban J connectivity index is 2.58. The van der Waals surface area contributed by atoms with E-state index in [0.717, 1.165) is 5.69 Å². The van der Waals surface area contributed by atoms with Crippen LogP contribution in [0.4, 0.5) is 5.69 Å². The van der Waals surface area contributed by atoms with Gasteiger partial charge in [0.05, 0.1) is 0 Å². The molecule has 106 valence electrons. The second-order valence-electron chi connectivity index (χ2n) is 4.08. The monoisotopic (exact) mass is 292 g/mol. The maximum absolute atomic E-state index is 11.7. The molecule has 0 saturated heterocycles.